The third-order valence-corrected chi connectivity index (χ3v) is 4.69. The minimum absolute atomic E-state index is 0.0584. The minimum atomic E-state index is -0.0584. The molecular weight excluding hydrogens is 262 g/mol. The van der Waals surface area contributed by atoms with Gasteiger partial charge >= 0.3 is 0 Å². The Morgan fingerprint density at radius 3 is 2.57 bits per heavy atom. The number of nitrogens with one attached hydrogen (secondary N) is 1. The lowest BCUT2D eigenvalue weighted by atomic mass is 9.79. The van der Waals surface area contributed by atoms with Crippen LogP contribution in [0.4, 0.5) is 0 Å². The van der Waals surface area contributed by atoms with Crippen molar-refractivity contribution in [3.63, 3.8) is 0 Å². The van der Waals surface area contributed by atoms with Gasteiger partial charge in [0.1, 0.15) is 0 Å². The molecule has 0 aromatic heterocycles. The summed E-state index contributed by atoms with van der Waals surface area (Å²) in [5.74, 6) is 0.444. The first kappa shape index (κ1) is 14.2. The summed E-state index contributed by atoms with van der Waals surface area (Å²) in [5.41, 5.74) is 1.45. The Hall–Kier alpha value is -1.77. The minimum Gasteiger partial charge on any atom is -0.488 e. The maximum Gasteiger partial charge on any atom is 0.286 e. The van der Waals surface area contributed by atoms with Crippen LogP contribution in [0.15, 0.2) is 42.2 Å². The summed E-state index contributed by atoms with van der Waals surface area (Å²) in [6, 6.07) is 10.6. The van der Waals surface area contributed by atoms with E-state index in [-0.39, 0.29) is 11.3 Å². The number of hydrogen-bond donors (Lipinski definition) is 1. The number of carbonyl (C=O) groups excluding carboxylic acids is 1. The molecule has 1 amide bonds. The predicted octanol–water partition coefficient (Wildman–Crippen LogP) is 3.31. The van der Waals surface area contributed by atoms with Crippen molar-refractivity contribution in [2.24, 2.45) is 0 Å². The van der Waals surface area contributed by atoms with E-state index in [1.54, 1.807) is 0 Å². The van der Waals surface area contributed by atoms with Crippen LogP contribution in [-0.4, -0.2) is 19.1 Å². The lowest BCUT2D eigenvalue weighted by molar-refractivity contribution is -0.121. The number of carbonyl (C=O) groups is 1. The lowest BCUT2D eigenvalue weighted by Gasteiger charge is -2.30. The molecule has 0 atom stereocenters. The van der Waals surface area contributed by atoms with E-state index in [0.717, 1.165) is 25.7 Å². The van der Waals surface area contributed by atoms with Crippen LogP contribution in [0.1, 0.15) is 44.1 Å². The second-order valence-electron chi connectivity index (χ2n) is 6.10. The van der Waals surface area contributed by atoms with Crippen molar-refractivity contribution < 1.29 is 9.53 Å². The van der Waals surface area contributed by atoms with Crippen molar-refractivity contribution in [3.8, 4) is 0 Å². The molecular formula is C18H23NO2. The number of ether oxygens (including phenoxy) is 1. The van der Waals surface area contributed by atoms with Gasteiger partial charge in [-0.15, -0.1) is 0 Å². The smallest absolute Gasteiger partial charge is 0.286 e. The Morgan fingerprint density at radius 2 is 1.90 bits per heavy atom. The number of hydrogen-bond acceptors (Lipinski definition) is 2. The van der Waals surface area contributed by atoms with Gasteiger partial charge in [-0.3, -0.25) is 4.79 Å². The van der Waals surface area contributed by atoms with E-state index in [2.05, 4.69) is 29.6 Å². The largest absolute Gasteiger partial charge is 0.488 e. The number of rotatable bonds is 4. The Labute approximate surface area is 126 Å². The average molecular weight is 285 g/mol. The summed E-state index contributed by atoms with van der Waals surface area (Å²) >= 11 is 0. The zero-order valence-corrected chi connectivity index (χ0v) is 12.4. The average Bonchev–Trinajstić information content (AvgIpc) is 3.04. The highest BCUT2D eigenvalue weighted by atomic mass is 16.5. The topological polar surface area (TPSA) is 38.3 Å². The highest BCUT2D eigenvalue weighted by Gasteiger charge is 2.36. The van der Waals surface area contributed by atoms with Crippen molar-refractivity contribution in [1.29, 1.82) is 0 Å². The number of benzene rings is 1. The molecule has 3 heteroatoms. The zero-order chi connectivity index (χ0) is 14.5. The highest BCUT2D eigenvalue weighted by Crippen LogP contribution is 2.40. The molecule has 1 aliphatic carbocycles. The van der Waals surface area contributed by atoms with Crippen LogP contribution in [0.3, 0.4) is 0 Å². The van der Waals surface area contributed by atoms with Crippen molar-refractivity contribution in [2.75, 3.05) is 13.2 Å². The Morgan fingerprint density at radius 1 is 1.14 bits per heavy atom. The summed E-state index contributed by atoms with van der Waals surface area (Å²) in [6.07, 6.45) is 8.63. The molecule has 21 heavy (non-hydrogen) atoms. The van der Waals surface area contributed by atoms with E-state index < -0.39 is 0 Å². The fraction of sp³-hybridized carbons (Fsp3) is 0.500. The molecule has 1 aliphatic heterocycles. The van der Waals surface area contributed by atoms with Crippen LogP contribution in [0.25, 0.3) is 0 Å². The van der Waals surface area contributed by atoms with Gasteiger partial charge in [-0.2, -0.15) is 0 Å². The summed E-state index contributed by atoms with van der Waals surface area (Å²) < 4.78 is 5.44. The summed E-state index contributed by atoms with van der Waals surface area (Å²) in [7, 11) is 0. The maximum atomic E-state index is 12.2. The summed E-state index contributed by atoms with van der Waals surface area (Å²) in [4.78, 5) is 12.2. The molecule has 112 valence electrons. The van der Waals surface area contributed by atoms with E-state index >= 15 is 0 Å². The van der Waals surface area contributed by atoms with Crippen LogP contribution >= 0.6 is 0 Å². The number of amides is 1. The van der Waals surface area contributed by atoms with E-state index in [4.69, 9.17) is 4.74 Å². The van der Waals surface area contributed by atoms with Gasteiger partial charge in [-0.1, -0.05) is 43.2 Å². The van der Waals surface area contributed by atoms with Crippen LogP contribution in [0.5, 0.6) is 0 Å². The lowest BCUT2D eigenvalue weighted by Crippen LogP contribution is -2.40. The summed E-state index contributed by atoms with van der Waals surface area (Å²) in [5, 5.41) is 3.10. The van der Waals surface area contributed by atoms with Gasteiger partial charge in [0.2, 0.25) is 0 Å². The van der Waals surface area contributed by atoms with Gasteiger partial charge < -0.3 is 10.1 Å². The third-order valence-electron chi connectivity index (χ3n) is 4.69. The molecule has 1 fully saturated rings. The van der Waals surface area contributed by atoms with Gasteiger partial charge in [0.15, 0.2) is 5.76 Å². The molecule has 0 unspecified atom stereocenters. The molecule has 3 rings (SSSR count). The molecule has 2 aliphatic rings. The first-order valence-corrected chi connectivity index (χ1v) is 7.97. The Kier molecular flexibility index (Phi) is 4.28. The third kappa shape index (κ3) is 3.12. The van der Waals surface area contributed by atoms with Crippen molar-refractivity contribution >= 4 is 5.91 Å². The second-order valence-corrected chi connectivity index (χ2v) is 6.10. The van der Waals surface area contributed by atoms with Crippen molar-refractivity contribution in [2.45, 2.75) is 43.9 Å². The molecule has 1 N–H and O–H groups in total. The fourth-order valence-electron chi connectivity index (χ4n) is 3.46. The van der Waals surface area contributed by atoms with Gasteiger partial charge in [-0.25, -0.2) is 0 Å². The molecule has 3 nitrogen and oxygen atoms in total. The van der Waals surface area contributed by atoms with Crippen LogP contribution in [-0.2, 0) is 14.9 Å². The molecule has 0 spiro atoms. The molecule has 1 aromatic carbocycles. The van der Waals surface area contributed by atoms with E-state index in [9.17, 15) is 4.79 Å². The predicted molar refractivity (Wildman–Crippen MR) is 82.9 cm³/mol. The van der Waals surface area contributed by atoms with Gasteiger partial charge in [0.25, 0.3) is 5.91 Å². The second kappa shape index (κ2) is 6.33. The quantitative estimate of drug-likeness (QED) is 0.921. The van der Waals surface area contributed by atoms with Gasteiger partial charge in [0, 0.05) is 12.0 Å². The van der Waals surface area contributed by atoms with Crippen molar-refractivity contribution in [3.05, 3.63) is 47.7 Å². The summed E-state index contributed by atoms with van der Waals surface area (Å²) in [6.45, 7) is 1.36. The molecule has 1 heterocycles. The molecule has 0 bridgehead atoms. The van der Waals surface area contributed by atoms with Gasteiger partial charge in [-0.05, 0) is 37.3 Å². The molecule has 1 saturated carbocycles. The molecule has 1 aromatic rings. The van der Waals surface area contributed by atoms with Crippen LogP contribution < -0.4 is 5.32 Å². The fourth-order valence-corrected chi connectivity index (χ4v) is 3.46. The zero-order valence-electron chi connectivity index (χ0n) is 12.4. The van der Waals surface area contributed by atoms with Crippen molar-refractivity contribution in [1.82, 2.24) is 5.32 Å². The maximum absolute atomic E-state index is 12.2. The van der Waals surface area contributed by atoms with E-state index in [1.807, 2.05) is 12.1 Å². The highest BCUT2D eigenvalue weighted by molar-refractivity contribution is 5.91. The monoisotopic (exact) mass is 285 g/mol. The number of allylic oxidation sites excluding steroid dienone is 1. The standard InChI is InChI=1S/C18H23NO2/c20-17(16-10-4-7-13-21-16)19-14-18(11-5-6-12-18)15-8-2-1-3-9-15/h1-3,8-10H,4-7,11-14H2,(H,19,20). The normalized spacial score (nSPS) is 20.5. The van der Waals surface area contributed by atoms with E-state index in [0.29, 0.717) is 18.9 Å². The Balaban J connectivity index is 1.69. The Bertz CT molecular complexity index is 515. The molecule has 0 radical (unpaired) electrons. The van der Waals surface area contributed by atoms with Crippen LogP contribution in [0.2, 0.25) is 0 Å². The first-order valence-electron chi connectivity index (χ1n) is 7.97. The van der Waals surface area contributed by atoms with E-state index in [1.165, 1.54) is 18.4 Å². The van der Waals surface area contributed by atoms with Gasteiger partial charge in [0.05, 0.1) is 6.61 Å². The first-order chi connectivity index (χ1) is 10.3. The van der Waals surface area contributed by atoms with Crippen LogP contribution in [0, 0.1) is 0 Å². The molecule has 0 saturated heterocycles. The SMILES string of the molecule is O=C(NCC1(c2ccccc2)CCCC1)C1=CCCCO1.